The first kappa shape index (κ1) is 15.2. The maximum Gasteiger partial charge on any atom is 0.304 e. The van der Waals surface area contributed by atoms with Crippen LogP contribution in [0.15, 0.2) is 48.5 Å². The van der Waals surface area contributed by atoms with Crippen LogP contribution in [0.4, 0.5) is 10.1 Å². The number of aliphatic carboxylic acids is 1. The molecule has 1 unspecified atom stereocenters. The standard InChI is InChI=1S/C18H16FNO3/c1-18(10-15(21)22)13-8-5-9-14(19)16(13)20(17(18)23)11-12-6-3-2-4-7-12/h2-9H,10-11H2,1H3,(H,21,22). The summed E-state index contributed by atoms with van der Waals surface area (Å²) in [5, 5.41) is 9.16. The molecule has 3 rings (SSSR count). The Labute approximate surface area is 133 Å². The van der Waals surface area contributed by atoms with Gasteiger partial charge in [-0.2, -0.15) is 0 Å². The van der Waals surface area contributed by atoms with E-state index in [2.05, 4.69) is 0 Å². The van der Waals surface area contributed by atoms with Gasteiger partial charge < -0.3 is 10.0 Å². The van der Waals surface area contributed by atoms with E-state index in [1.165, 1.54) is 17.0 Å². The Balaban J connectivity index is 2.09. The van der Waals surface area contributed by atoms with E-state index in [1.807, 2.05) is 30.3 Å². The number of nitrogens with zero attached hydrogens (tertiary/aromatic N) is 1. The van der Waals surface area contributed by atoms with Crippen molar-refractivity contribution in [3.05, 3.63) is 65.5 Å². The fraction of sp³-hybridized carbons (Fsp3) is 0.222. The molecule has 1 N–H and O–H groups in total. The molecule has 0 saturated heterocycles. The van der Waals surface area contributed by atoms with Crippen molar-refractivity contribution in [3.8, 4) is 0 Å². The van der Waals surface area contributed by atoms with Crippen molar-refractivity contribution in [2.75, 3.05) is 4.90 Å². The zero-order valence-electron chi connectivity index (χ0n) is 12.6. The van der Waals surface area contributed by atoms with E-state index < -0.39 is 17.2 Å². The Kier molecular flexibility index (Phi) is 3.64. The summed E-state index contributed by atoms with van der Waals surface area (Å²) in [5.74, 6) is -1.98. The van der Waals surface area contributed by atoms with E-state index in [0.717, 1.165) is 5.56 Å². The molecular formula is C18H16FNO3. The van der Waals surface area contributed by atoms with Crippen LogP contribution in [0.25, 0.3) is 0 Å². The Morgan fingerprint density at radius 1 is 1.17 bits per heavy atom. The highest BCUT2D eigenvalue weighted by atomic mass is 19.1. The van der Waals surface area contributed by atoms with Crippen LogP contribution < -0.4 is 4.90 Å². The van der Waals surface area contributed by atoms with Crippen molar-refractivity contribution in [2.45, 2.75) is 25.3 Å². The molecule has 0 aromatic heterocycles. The Bertz CT molecular complexity index is 775. The highest BCUT2D eigenvalue weighted by Crippen LogP contribution is 2.45. The predicted molar refractivity (Wildman–Crippen MR) is 83.6 cm³/mol. The number of carbonyl (C=O) groups excluding carboxylic acids is 1. The number of fused-ring (bicyclic) bond motifs is 1. The van der Waals surface area contributed by atoms with Gasteiger partial charge in [-0.25, -0.2) is 4.39 Å². The SMILES string of the molecule is CC1(CC(=O)O)C(=O)N(Cc2ccccc2)c2c(F)cccc21. The third-order valence-electron chi connectivity index (χ3n) is 4.26. The first-order chi connectivity index (χ1) is 10.9. The lowest BCUT2D eigenvalue weighted by Crippen LogP contribution is -2.39. The molecule has 23 heavy (non-hydrogen) atoms. The first-order valence-electron chi connectivity index (χ1n) is 7.30. The molecule has 118 valence electrons. The number of hydrogen-bond acceptors (Lipinski definition) is 2. The first-order valence-corrected chi connectivity index (χ1v) is 7.30. The van der Waals surface area contributed by atoms with Gasteiger partial charge in [0.1, 0.15) is 5.82 Å². The van der Waals surface area contributed by atoms with Crippen LogP contribution in [0.1, 0.15) is 24.5 Å². The van der Waals surface area contributed by atoms with Crippen molar-refractivity contribution in [2.24, 2.45) is 0 Å². The minimum Gasteiger partial charge on any atom is -0.481 e. The summed E-state index contributed by atoms with van der Waals surface area (Å²) in [4.78, 5) is 25.4. The van der Waals surface area contributed by atoms with Crippen LogP contribution in [-0.4, -0.2) is 17.0 Å². The smallest absolute Gasteiger partial charge is 0.304 e. The van der Waals surface area contributed by atoms with Gasteiger partial charge in [0, 0.05) is 0 Å². The van der Waals surface area contributed by atoms with Crippen LogP contribution in [0, 0.1) is 5.82 Å². The van der Waals surface area contributed by atoms with Crippen LogP contribution >= 0.6 is 0 Å². The zero-order valence-corrected chi connectivity index (χ0v) is 12.6. The quantitative estimate of drug-likeness (QED) is 0.943. The molecule has 0 saturated carbocycles. The Hall–Kier alpha value is -2.69. The monoisotopic (exact) mass is 313 g/mol. The molecule has 5 heteroatoms. The number of rotatable bonds is 4. The number of anilines is 1. The second kappa shape index (κ2) is 5.50. The summed E-state index contributed by atoms with van der Waals surface area (Å²) in [6, 6.07) is 13.7. The molecule has 2 aromatic rings. The van der Waals surface area contributed by atoms with Gasteiger partial charge in [0.15, 0.2) is 0 Å². The van der Waals surface area contributed by atoms with E-state index in [4.69, 9.17) is 5.11 Å². The summed E-state index contributed by atoms with van der Waals surface area (Å²) in [6.45, 7) is 1.77. The number of amides is 1. The lowest BCUT2D eigenvalue weighted by molar-refractivity contribution is -0.141. The molecule has 0 bridgehead atoms. The number of para-hydroxylation sites is 1. The average molecular weight is 313 g/mol. The van der Waals surface area contributed by atoms with Gasteiger partial charge in [-0.15, -0.1) is 0 Å². The van der Waals surface area contributed by atoms with Gasteiger partial charge in [0.05, 0.1) is 24.1 Å². The molecule has 0 spiro atoms. The highest BCUT2D eigenvalue weighted by molar-refractivity contribution is 6.09. The fourth-order valence-corrected chi connectivity index (χ4v) is 3.14. The number of carboxylic acid groups (broad SMARTS) is 1. The van der Waals surface area contributed by atoms with E-state index in [-0.39, 0.29) is 24.6 Å². The normalized spacial score (nSPS) is 19.7. The van der Waals surface area contributed by atoms with Crippen molar-refractivity contribution in [1.82, 2.24) is 0 Å². The molecule has 4 nitrogen and oxygen atoms in total. The average Bonchev–Trinajstić information content (AvgIpc) is 2.71. The van der Waals surface area contributed by atoms with Gasteiger partial charge in [0.2, 0.25) is 5.91 Å². The number of carboxylic acids is 1. The molecule has 1 atom stereocenters. The molecular weight excluding hydrogens is 297 g/mol. The number of hydrogen-bond donors (Lipinski definition) is 1. The van der Waals surface area contributed by atoms with Crippen LogP contribution in [0.3, 0.4) is 0 Å². The molecule has 2 aromatic carbocycles. The summed E-state index contributed by atoms with van der Waals surface area (Å²) >= 11 is 0. The minimum absolute atomic E-state index is 0.185. The second-order valence-electron chi connectivity index (χ2n) is 5.92. The van der Waals surface area contributed by atoms with Crippen LogP contribution in [-0.2, 0) is 21.5 Å². The number of benzene rings is 2. The Morgan fingerprint density at radius 2 is 1.87 bits per heavy atom. The third kappa shape index (κ3) is 2.48. The summed E-state index contributed by atoms with van der Waals surface area (Å²) in [6.07, 6.45) is -0.367. The third-order valence-corrected chi connectivity index (χ3v) is 4.26. The van der Waals surface area contributed by atoms with Crippen molar-refractivity contribution < 1.29 is 19.1 Å². The highest BCUT2D eigenvalue weighted by Gasteiger charge is 2.49. The molecule has 0 fully saturated rings. The molecule has 1 aliphatic rings. The van der Waals surface area contributed by atoms with Gasteiger partial charge in [-0.1, -0.05) is 42.5 Å². The van der Waals surface area contributed by atoms with E-state index in [1.54, 1.807) is 13.0 Å². The summed E-state index contributed by atoms with van der Waals surface area (Å²) in [5.41, 5.74) is 0.221. The maximum atomic E-state index is 14.4. The topological polar surface area (TPSA) is 57.6 Å². The molecule has 1 heterocycles. The predicted octanol–water partition coefficient (Wildman–Crippen LogP) is 3.10. The van der Waals surface area contributed by atoms with Crippen LogP contribution in [0.2, 0.25) is 0 Å². The lowest BCUT2D eigenvalue weighted by Gasteiger charge is -2.22. The van der Waals surface area contributed by atoms with Gasteiger partial charge in [-0.05, 0) is 24.1 Å². The lowest BCUT2D eigenvalue weighted by atomic mass is 9.80. The number of halogens is 1. The summed E-state index contributed by atoms with van der Waals surface area (Å²) < 4.78 is 14.4. The second-order valence-corrected chi connectivity index (χ2v) is 5.92. The van der Waals surface area contributed by atoms with E-state index >= 15 is 0 Å². The zero-order chi connectivity index (χ0) is 16.6. The number of carbonyl (C=O) groups is 2. The van der Waals surface area contributed by atoms with Crippen molar-refractivity contribution in [3.63, 3.8) is 0 Å². The van der Waals surface area contributed by atoms with Gasteiger partial charge >= 0.3 is 5.97 Å². The van der Waals surface area contributed by atoms with E-state index in [0.29, 0.717) is 5.56 Å². The van der Waals surface area contributed by atoms with Crippen molar-refractivity contribution in [1.29, 1.82) is 0 Å². The molecule has 1 aliphatic heterocycles. The largest absolute Gasteiger partial charge is 0.481 e. The Morgan fingerprint density at radius 3 is 2.52 bits per heavy atom. The van der Waals surface area contributed by atoms with Crippen molar-refractivity contribution >= 4 is 17.6 Å². The van der Waals surface area contributed by atoms with E-state index in [9.17, 15) is 14.0 Å². The summed E-state index contributed by atoms with van der Waals surface area (Å²) in [7, 11) is 0. The molecule has 0 aliphatic carbocycles. The molecule has 1 amide bonds. The van der Waals surface area contributed by atoms with Gasteiger partial charge in [-0.3, -0.25) is 9.59 Å². The fourth-order valence-electron chi connectivity index (χ4n) is 3.14. The molecule has 0 radical (unpaired) electrons. The van der Waals surface area contributed by atoms with Crippen LogP contribution in [0.5, 0.6) is 0 Å². The van der Waals surface area contributed by atoms with Gasteiger partial charge in [0.25, 0.3) is 0 Å². The maximum absolute atomic E-state index is 14.4. The minimum atomic E-state index is -1.25.